The van der Waals surface area contributed by atoms with Gasteiger partial charge in [0.2, 0.25) is 5.15 Å². The standard InChI is InChI=1S/C12H16ClN3O4/c1-7(2)9(6-20-3)15-12(17)8-4-5-14-11(13)10(8)16(18)19/h4-5,7,9H,6H2,1-3H3,(H,15,17). The van der Waals surface area contributed by atoms with Crippen LogP contribution in [0.2, 0.25) is 5.15 Å². The Morgan fingerprint density at radius 2 is 2.25 bits per heavy atom. The maximum atomic E-state index is 12.2. The van der Waals surface area contributed by atoms with Crippen molar-refractivity contribution in [3.05, 3.63) is 33.1 Å². The Bertz CT molecular complexity index is 507. The second-order valence-electron chi connectivity index (χ2n) is 4.53. The van der Waals surface area contributed by atoms with Crippen LogP contribution in [0.5, 0.6) is 0 Å². The number of ether oxygens (including phenoxy) is 1. The fourth-order valence-electron chi connectivity index (χ4n) is 1.61. The molecule has 8 heteroatoms. The third-order valence-electron chi connectivity index (χ3n) is 2.77. The largest absolute Gasteiger partial charge is 0.383 e. The number of hydrogen-bond donors (Lipinski definition) is 1. The molecule has 1 unspecified atom stereocenters. The van der Waals surface area contributed by atoms with Crippen LogP contribution < -0.4 is 5.32 Å². The van der Waals surface area contributed by atoms with E-state index < -0.39 is 16.5 Å². The summed E-state index contributed by atoms with van der Waals surface area (Å²) < 4.78 is 5.02. The molecule has 0 fully saturated rings. The van der Waals surface area contributed by atoms with E-state index in [1.807, 2.05) is 13.8 Å². The molecule has 1 N–H and O–H groups in total. The smallest absolute Gasteiger partial charge is 0.319 e. The number of nitro groups is 1. The summed E-state index contributed by atoms with van der Waals surface area (Å²) in [4.78, 5) is 26.0. The van der Waals surface area contributed by atoms with Crippen molar-refractivity contribution in [2.45, 2.75) is 19.9 Å². The molecule has 0 saturated carbocycles. The minimum Gasteiger partial charge on any atom is -0.383 e. The lowest BCUT2D eigenvalue weighted by Gasteiger charge is -2.21. The molecule has 20 heavy (non-hydrogen) atoms. The number of nitrogens with zero attached hydrogens (tertiary/aromatic N) is 2. The number of pyridine rings is 1. The molecule has 0 aliphatic rings. The summed E-state index contributed by atoms with van der Waals surface area (Å²) in [6.45, 7) is 4.14. The predicted octanol–water partition coefficient (Wildman–Crippen LogP) is 2.04. The van der Waals surface area contributed by atoms with Gasteiger partial charge in [0.15, 0.2) is 0 Å². The highest BCUT2D eigenvalue weighted by atomic mass is 35.5. The molecule has 1 aromatic heterocycles. The van der Waals surface area contributed by atoms with Gasteiger partial charge in [0.1, 0.15) is 5.56 Å². The molecular formula is C12H16ClN3O4. The monoisotopic (exact) mass is 301 g/mol. The van der Waals surface area contributed by atoms with Gasteiger partial charge in [-0.05, 0) is 12.0 Å². The van der Waals surface area contributed by atoms with E-state index in [1.54, 1.807) is 0 Å². The molecular weight excluding hydrogens is 286 g/mol. The van der Waals surface area contributed by atoms with Crippen LogP contribution in [0.25, 0.3) is 0 Å². The highest BCUT2D eigenvalue weighted by molar-refractivity contribution is 6.32. The Morgan fingerprint density at radius 3 is 2.75 bits per heavy atom. The summed E-state index contributed by atoms with van der Waals surface area (Å²) in [5.41, 5.74) is -0.608. The van der Waals surface area contributed by atoms with Crippen molar-refractivity contribution in [1.29, 1.82) is 0 Å². The fraction of sp³-hybridized carbons (Fsp3) is 0.500. The van der Waals surface area contributed by atoms with Gasteiger partial charge in [0.05, 0.1) is 17.6 Å². The average Bonchev–Trinajstić information content (AvgIpc) is 2.37. The van der Waals surface area contributed by atoms with E-state index in [4.69, 9.17) is 16.3 Å². The summed E-state index contributed by atoms with van der Waals surface area (Å²) in [6.07, 6.45) is 1.25. The fourth-order valence-corrected chi connectivity index (χ4v) is 1.84. The number of carbonyl (C=O) groups is 1. The lowest BCUT2D eigenvalue weighted by atomic mass is 10.0. The summed E-state index contributed by atoms with van der Waals surface area (Å²) in [5, 5.41) is 13.4. The van der Waals surface area contributed by atoms with E-state index >= 15 is 0 Å². The molecule has 0 saturated heterocycles. The molecule has 110 valence electrons. The molecule has 0 bridgehead atoms. The van der Waals surface area contributed by atoms with Gasteiger partial charge in [-0.15, -0.1) is 0 Å². The van der Waals surface area contributed by atoms with Crippen molar-refractivity contribution < 1.29 is 14.5 Å². The SMILES string of the molecule is COCC(NC(=O)c1ccnc(Cl)c1[N+](=O)[O-])C(C)C. The summed E-state index contributed by atoms with van der Waals surface area (Å²) in [5.74, 6) is -0.452. The molecule has 1 amide bonds. The Kier molecular flexibility index (Phi) is 5.84. The van der Waals surface area contributed by atoms with Crippen LogP contribution >= 0.6 is 11.6 Å². The van der Waals surface area contributed by atoms with Crippen LogP contribution in [0.3, 0.4) is 0 Å². The summed E-state index contributed by atoms with van der Waals surface area (Å²) in [7, 11) is 1.52. The number of aromatic nitrogens is 1. The van der Waals surface area contributed by atoms with E-state index in [2.05, 4.69) is 10.3 Å². The highest BCUT2D eigenvalue weighted by Gasteiger charge is 2.26. The van der Waals surface area contributed by atoms with Gasteiger partial charge in [-0.3, -0.25) is 14.9 Å². The Hall–Kier alpha value is -1.73. The first-order chi connectivity index (χ1) is 9.38. The van der Waals surface area contributed by atoms with E-state index in [9.17, 15) is 14.9 Å². The van der Waals surface area contributed by atoms with E-state index in [0.717, 1.165) is 0 Å². The van der Waals surface area contributed by atoms with Crippen molar-refractivity contribution in [2.75, 3.05) is 13.7 Å². The van der Waals surface area contributed by atoms with Crippen molar-refractivity contribution in [2.24, 2.45) is 5.92 Å². The molecule has 0 aliphatic carbocycles. The number of rotatable bonds is 6. The normalized spacial score (nSPS) is 12.2. The number of amides is 1. The van der Waals surface area contributed by atoms with Crippen LogP contribution in [0.4, 0.5) is 5.69 Å². The lowest BCUT2D eigenvalue weighted by molar-refractivity contribution is -0.385. The molecule has 0 aliphatic heterocycles. The quantitative estimate of drug-likeness (QED) is 0.493. The average molecular weight is 302 g/mol. The Labute approximate surface area is 121 Å². The van der Waals surface area contributed by atoms with E-state index in [1.165, 1.54) is 19.4 Å². The zero-order chi connectivity index (χ0) is 15.3. The van der Waals surface area contributed by atoms with Crippen molar-refractivity contribution >= 4 is 23.2 Å². The van der Waals surface area contributed by atoms with Gasteiger partial charge < -0.3 is 10.1 Å². The number of carbonyl (C=O) groups excluding carboxylic acids is 1. The van der Waals surface area contributed by atoms with Gasteiger partial charge in [0.25, 0.3) is 5.91 Å². The molecule has 1 atom stereocenters. The zero-order valence-electron chi connectivity index (χ0n) is 11.4. The first-order valence-electron chi connectivity index (χ1n) is 5.97. The van der Waals surface area contributed by atoms with Crippen LogP contribution in [0.1, 0.15) is 24.2 Å². The minimum atomic E-state index is -0.717. The maximum absolute atomic E-state index is 12.2. The van der Waals surface area contributed by atoms with Gasteiger partial charge >= 0.3 is 5.69 Å². The minimum absolute atomic E-state index is 0.114. The predicted molar refractivity (Wildman–Crippen MR) is 73.9 cm³/mol. The topological polar surface area (TPSA) is 94.4 Å². The first-order valence-corrected chi connectivity index (χ1v) is 6.35. The van der Waals surface area contributed by atoms with Gasteiger partial charge in [-0.1, -0.05) is 25.4 Å². The second-order valence-corrected chi connectivity index (χ2v) is 4.89. The number of nitrogens with one attached hydrogen (secondary N) is 1. The van der Waals surface area contributed by atoms with Crippen LogP contribution in [0.15, 0.2) is 12.3 Å². The van der Waals surface area contributed by atoms with Crippen LogP contribution in [0, 0.1) is 16.0 Å². The van der Waals surface area contributed by atoms with Gasteiger partial charge in [-0.2, -0.15) is 0 Å². The Balaban J connectivity index is 3.03. The highest BCUT2D eigenvalue weighted by Crippen LogP contribution is 2.26. The van der Waals surface area contributed by atoms with Crippen molar-refractivity contribution in [3.63, 3.8) is 0 Å². The van der Waals surface area contributed by atoms with Crippen LogP contribution in [-0.2, 0) is 4.74 Å². The number of halogens is 1. The van der Waals surface area contributed by atoms with E-state index in [-0.39, 0.29) is 22.7 Å². The van der Waals surface area contributed by atoms with E-state index in [0.29, 0.717) is 6.61 Å². The number of methoxy groups -OCH3 is 1. The Morgan fingerprint density at radius 1 is 1.60 bits per heavy atom. The summed E-state index contributed by atoms with van der Waals surface area (Å²) in [6, 6.07) is 1.02. The maximum Gasteiger partial charge on any atom is 0.319 e. The third-order valence-corrected chi connectivity index (χ3v) is 3.05. The molecule has 0 radical (unpaired) electrons. The molecule has 0 aromatic carbocycles. The lowest BCUT2D eigenvalue weighted by Crippen LogP contribution is -2.41. The molecule has 1 heterocycles. The second kappa shape index (κ2) is 7.16. The van der Waals surface area contributed by atoms with Crippen molar-refractivity contribution in [3.8, 4) is 0 Å². The third kappa shape index (κ3) is 3.88. The number of hydrogen-bond acceptors (Lipinski definition) is 5. The first kappa shape index (κ1) is 16.3. The zero-order valence-corrected chi connectivity index (χ0v) is 12.2. The van der Waals surface area contributed by atoms with Gasteiger partial charge in [0, 0.05) is 13.3 Å². The van der Waals surface area contributed by atoms with Gasteiger partial charge in [-0.25, -0.2) is 4.98 Å². The van der Waals surface area contributed by atoms with Crippen LogP contribution in [-0.4, -0.2) is 35.6 Å². The van der Waals surface area contributed by atoms with Crippen molar-refractivity contribution in [1.82, 2.24) is 10.3 Å². The molecule has 7 nitrogen and oxygen atoms in total. The summed E-state index contributed by atoms with van der Waals surface area (Å²) >= 11 is 5.67. The molecule has 1 rings (SSSR count). The molecule has 0 spiro atoms. The molecule has 1 aromatic rings.